The van der Waals surface area contributed by atoms with Gasteiger partial charge in [-0.2, -0.15) is 13.2 Å². The molecule has 6 aliphatic rings. The van der Waals surface area contributed by atoms with Crippen molar-refractivity contribution < 1.29 is 63.8 Å². The molecule has 1 unspecified atom stereocenters. The number of carbonyl (C=O) groups is 5. The molecule has 5 N–H and O–H groups in total. The van der Waals surface area contributed by atoms with Gasteiger partial charge >= 0.3 is 5.51 Å². The van der Waals surface area contributed by atoms with E-state index in [4.69, 9.17) is 16.3 Å². The lowest BCUT2D eigenvalue weighted by atomic mass is 9.70. The molecular weight excluding hydrogens is 1560 g/mol. The molecule has 22 nitrogen and oxygen atoms in total. The third-order valence-corrected chi connectivity index (χ3v) is 28.7. The first kappa shape index (κ1) is 85.9. The van der Waals surface area contributed by atoms with Crippen molar-refractivity contribution in [3.05, 3.63) is 160 Å². The summed E-state index contributed by atoms with van der Waals surface area (Å²) < 4.78 is 105. The molecule has 30 heteroatoms. The molecule has 5 amide bonds. The SMILES string of the molecule is Cc1ncsc1-c1ccc([C@H](C)NC(=O)[C@@H]2C[C@@H](O)CN2C(=O)[C@@H](NC(=O)CCC(=O)N2CCC(C3CCN(CC4(C)CCC(c5ccc(Cl)cc5)=C(CN5CCN(c6ccc(C(=O)NS(=O)(=O)c7ccc(N[C@H](CCN8CCOCC8)CSc8ccccc8)c(S(=O)(=O)C(F)(F)F)c7)cc6)CC5)C4)CC3)CC2)C(C)(C)C)cc1. The number of hydrogen-bond donors (Lipinski definition) is 5. The summed E-state index contributed by atoms with van der Waals surface area (Å²) in [6, 6.07) is 31.3. The Morgan fingerprint density at radius 3 is 2.07 bits per heavy atom. The summed E-state index contributed by atoms with van der Waals surface area (Å²) in [5.74, 6) is -1.03. The zero-order valence-corrected chi connectivity index (χ0v) is 69.8. The van der Waals surface area contributed by atoms with Gasteiger partial charge < -0.3 is 45.4 Å². The number of aliphatic hydroxyl groups excluding tert-OH is 1. The smallest absolute Gasteiger partial charge is 0.391 e. The second kappa shape index (κ2) is 37.4. The second-order valence-electron chi connectivity index (χ2n) is 32.8. The lowest BCUT2D eigenvalue weighted by molar-refractivity contribution is -0.144. The molecule has 0 bridgehead atoms. The topological polar surface area (TPSA) is 264 Å². The Bertz CT molecular complexity index is 4610. The number of thiazole rings is 1. The van der Waals surface area contributed by atoms with E-state index in [1.54, 1.807) is 23.5 Å². The lowest BCUT2D eigenvalue weighted by Gasteiger charge is -2.45. The Hall–Kier alpha value is -7.45. The Morgan fingerprint density at radius 1 is 0.772 bits per heavy atom. The van der Waals surface area contributed by atoms with Crippen molar-refractivity contribution in [1.82, 2.24) is 44.8 Å². The van der Waals surface area contributed by atoms with Crippen LogP contribution in [0.3, 0.4) is 0 Å². The highest BCUT2D eigenvalue weighted by atomic mass is 35.5. The predicted molar refractivity (Wildman–Crippen MR) is 440 cm³/mol. The van der Waals surface area contributed by atoms with Gasteiger partial charge in [-0.1, -0.05) is 99.5 Å². The fourth-order valence-electron chi connectivity index (χ4n) is 16.9. The Balaban J connectivity index is 0.593. The van der Waals surface area contributed by atoms with Gasteiger partial charge in [-0.3, -0.25) is 33.8 Å². The fourth-order valence-corrected chi connectivity index (χ4v) is 20.9. The van der Waals surface area contributed by atoms with Crippen LogP contribution < -0.4 is 25.6 Å². The molecule has 1 aromatic heterocycles. The van der Waals surface area contributed by atoms with Crippen molar-refractivity contribution in [3.63, 3.8) is 0 Å². The van der Waals surface area contributed by atoms with Gasteiger partial charge in [0, 0.05) is 131 Å². The first-order chi connectivity index (χ1) is 54.3. The number of aromatic nitrogens is 1. The average molecular weight is 1670 g/mol. The summed E-state index contributed by atoms with van der Waals surface area (Å²) in [4.78, 5) is 86.4. The number of sulfone groups is 1. The quantitative estimate of drug-likeness (QED) is 0.0286. The molecule has 6 atom stereocenters. The number of alkyl halides is 3. The largest absolute Gasteiger partial charge is 0.501 e. The third-order valence-electron chi connectivity index (χ3n) is 23.5. The number of aryl methyl sites for hydroxylation is 1. The van der Waals surface area contributed by atoms with E-state index in [-0.39, 0.29) is 48.7 Å². The maximum absolute atomic E-state index is 14.4. The van der Waals surface area contributed by atoms with Gasteiger partial charge in [0.1, 0.15) is 17.0 Å². The van der Waals surface area contributed by atoms with E-state index in [0.29, 0.717) is 94.1 Å². The minimum atomic E-state index is -6.11. The number of hydrogen-bond acceptors (Lipinski definition) is 19. The van der Waals surface area contributed by atoms with Crippen LogP contribution in [-0.4, -0.2) is 221 Å². The van der Waals surface area contributed by atoms with Crippen molar-refractivity contribution in [3.8, 4) is 10.4 Å². The minimum Gasteiger partial charge on any atom is -0.391 e. The molecular formula is C84H107ClF3N11O11S4. The molecule has 5 fully saturated rings. The molecule has 616 valence electrons. The van der Waals surface area contributed by atoms with Crippen molar-refractivity contribution in [2.45, 2.75) is 163 Å². The maximum Gasteiger partial charge on any atom is 0.501 e. The predicted octanol–water partition coefficient (Wildman–Crippen LogP) is 12.3. The monoisotopic (exact) mass is 1670 g/mol. The van der Waals surface area contributed by atoms with Crippen LogP contribution in [0.1, 0.15) is 138 Å². The number of ether oxygens (including phenoxy) is 1. The zero-order valence-electron chi connectivity index (χ0n) is 65.8. The number of amides is 5. The summed E-state index contributed by atoms with van der Waals surface area (Å²) >= 11 is 9.43. The number of piperazine rings is 1. The lowest BCUT2D eigenvalue weighted by Crippen LogP contribution is -2.57. The van der Waals surface area contributed by atoms with Crippen LogP contribution in [0.25, 0.3) is 16.0 Å². The van der Waals surface area contributed by atoms with Gasteiger partial charge in [-0.15, -0.1) is 23.1 Å². The number of piperidine rings is 2. The molecule has 5 aliphatic heterocycles. The third kappa shape index (κ3) is 21.8. The van der Waals surface area contributed by atoms with E-state index in [1.807, 2.05) is 116 Å². The molecule has 5 aromatic carbocycles. The molecule has 5 saturated heterocycles. The average Bonchev–Trinajstić information content (AvgIpc) is 0.993. The standard InChI is InChI=1S/C84H107ClF3N11O11S4/c1-56(58-12-14-62(15-13-58)77-57(2)89-55-112-77)90-80(104)73-48-68(100)52-99(73)81(105)78(82(3,4)5)92-75(101)26-27-76(102)98-38-31-60(32-39-98)59-29-35-96(36-30-59)54-83(6)34-28-71(61-16-20-65(85)21-17-61)64(50-83)51-95-40-42-97(43-41-95)67-22-18-63(19-23-67)79(103)93-114(108,109)70-24-25-72(74(49-70)113(106,107)84(86,87)88)91-66(33-37-94-44-46-110-47-45-94)53-111-69-10-8-7-9-11-69/h7-25,49,55-56,59-60,66,68,73,78,91,100H,26-48,50-54H2,1-6H3,(H,90,104)(H,92,101)(H,93,103)/t56-,66+,68+,73-,78+,83?/m0/s1. The van der Waals surface area contributed by atoms with Crippen LogP contribution in [0.15, 0.2) is 147 Å². The number of carbonyl (C=O) groups excluding carboxylic acids is 5. The summed E-state index contributed by atoms with van der Waals surface area (Å²) in [6.07, 6.45) is 6.35. The number of sulfonamides is 1. The summed E-state index contributed by atoms with van der Waals surface area (Å²) in [7, 11) is -11.0. The minimum absolute atomic E-state index is 0.00602. The number of aliphatic hydroxyl groups is 1. The van der Waals surface area contributed by atoms with Gasteiger partial charge in [-0.25, -0.2) is 26.5 Å². The number of halogens is 4. The molecule has 114 heavy (non-hydrogen) atoms. The number of benzene rings is 5. The molecule has 0 spiro atoms. The van der Waals surface area contributed by atoms with E-state index in [2.05, 4.69) is 59.6 Å². The highest BCUT2D eigenvalue weighted by Gasteiger charge is 2.49. The van der Waals surface area contributed by atoms with E-state index in [0.717, 1.165) is 129 Å². The van der Waals surface area contributed by atoms with Crippen LogP contribution in [-0.2, 0) is 43.8 Å². The van der Waals surface area contributed by atoms with Gasteiger partial charge in [0.2, 0.25) is 23.6 Å². The molecule has 6 heterocycles. The number of nitrogens with one attached hydrogen (secondary N) is 4. The van der Waals surface area contributed by atoms with Crippen molar-refractivity contribution >= 4 is 101 Å². The molecule has 0 saturated carbocycles. The number of rotatable bonds is 28. The van der Waals surface area contributed by atoms with Gasteiger partial charge in [0.15, 0.2) is 0 Å². The van der Waals surface area contributed by atoms with Crippen LogP contribution in [0.4, 0.5) is 24.5 Å². The molecule has 12 rings (SSSR count). The number of morpholine rings is 1. The van der Waals surface area contributed by atoms with Crippen LogP contribution in [0.2, 0.25) is 5.02 Å². The Kier molecular flexibility index (Phi) is 28.2. The van der Waals surface area contributed by atoms with E-state index < -0.39 is 94.1 Å². The van der Waals surface area contributed by atoms with Crippen molar-refractivity contribution in [2.75, 3.05) is 121 Å². The summed E-state index contributed by atoms with van der Waals surface area (Å²) in [5.41, 5.74) is 2.47. The van der Waals surface area contributed by atoms with E-state index in [9.17, 15) is 59.1 Å². The second-order valence-corrected chi connectivity index (χ2v) is 38.8. The van der Waals surface area contributed by atoms with Crippen molar-refractivity contribution in [2.24, 2.45) is 22.7 Å². The van der Waals surface area contributed by atoms with Crippen LogP contribution in [0.5, 0.6) is 0 Å². The van der Waals surface area contributed by atoms with Crippen LogP contribution >= 0.6 is 34.7 Å². The van der Waals surface area contributed by atoms with Crippen molar-refractivity contribution in [1.29, 1.82) is 0 Å². The normalized spacial score (nSPS) is 21.1. The van der Waals surface area contributed by atoms with Gasteiger partial charge in [-0.05, 0) is 190 Å². The first-order valence-electron chi connectivity index (χ1n) is 39.7. The zero-order chi connectivity index (χ0) is 81.3. The Labute approximate surface area is 681 Å². The number of thioether (sulfide) groups is 1. The molecule has 6 aromatic rings. The maximum atomic E-state index is 14.4. The number of allylic oxidation sites excluding steroid dienone is 1. The van der Waals surface area contributed by atoms with E-state index in [1.165, 1.54) is 45.5 Å². The number of β-amino-alcohol motifs (C(OH)–C–C–N with tert-alkyl or cyclic N) is 1. The van der Waals surface area contributed by atoms with E-state index >= 15 is 0 Å². The summed E-state index contributed by atoms with van der Waals surface area (Å²) in [5, 5.41) is 20.5. The fraction of sp³-hybridized carbons (Fsp3) is 0.524. The number of nitrogens with zero attached hydrogens (tertiary/aromatic N) is 7. The number of likely N-dealkylation sites (tertiary alicyclic amines) is 3. The van der Waals surface area contributed by atoms with Gasteiger partial charge in [0.25, 0.3) is 25.8 Å². The van der Waals surface area contributed by atoms with Crippen LogP contribution in [0, 0.1) is 29.6 Å². The Morgan fingerprint density at radius 2 is 1.43 bits per heavy atom. The number of anilines is 2. The summed E-state index contributed by atoms with van der Waals surface area (Å²) in [6.45, 7) is 22.5. The molecule has 0 radical (unpaired) electrons. The highest BCUT2D eigenvalue weighted by Crippen LogP contribution is 2.46. The van der Waals surface area contributed by atoms with Gasteiger partial charge in [0.05, 0.1) is 52.0 Å². The molecule has 1 aliphatic carbocycles. The first-order valence-corrected chi connectivity index (χ1v) is 44.9. The highest BCUT2D eigenvalue weighted by molar-refractivity contribution is 7.99.